The van der Waals surface area contributed by atoms with Gasteiger partial charge in [-0.3, -0.25) is 4.79 Å². The van der Waals surface area contributed by atoms with Gasteiger partial charge in [0.2, 0.25) is 5.91 Å². The fourth-order valence-corrected chi connectivity index (χ4v) is 4.10. The molecule has 1 heterocycles. The van der Waals surface area contributed by atoms with Crippen LogP contribution in [0.4, 0.5) is 0 Å². The van der Waals surface area contributed by atoms with Gasteiger partial charge in [-0.2, -0.15) is 0 Å². The molecule has 1 amide bonds. The van der Waals surface area contributed by atoms with E-state index in [2.05, 4.69) is 46.1 Å². The minimum absolute atomic E-state index is 0.00314. The number of methoxy groups -OCH3 is 1. The standard InChI is InChI=1S/C23H28N4O2S/c1-5-27-21(20-9-7-6-8-16(20)2)25-26-23(27)30-17(3)22(28)24-15-14-18-10-12-19(29-4)13-11-18/h6-13,17H,5,14-15H2,1-4H3,(H,24,28)/t17-/m0/s1. The normalized spacial score (nSPS) is 11.9. The predicted molar refractivity (Wildman–Crippen MR) is 121 cm³/mol. The molecule has 0 aliphatic carbocycles. The quantitative estimate of drug-likeness (QED) is 0.523. The molecule has 0 saturated heterocycles. The highest BCUT2D eigenvalue weighted by Crippen LogP contribution is 2.28. The molecule has 2 aromatic carbocycles. The number of hydrogen-bond donors (Lipinski definition) is 1. The molecule has 0 bridgehead atoms. The summed E-state index contributed by atoms with van der Waals surface area (Å²) in [7, 11) is 1.65. The van der Waals surface area contributed by atoms with Crippen molar-refractivity contribution in [2.24, 2.45) is 0 Å². The SMILES string of the molecule is CCn1c(S[C@@H](C)C(=O)NCCc2ccc(OC)cc2)nnc1-c1ccccc1C. The summed E-state index contributed by atoms with van der Waals surface area (Å²) in [5.41, 5.74) is 3.38. The first-order valence-electron chi connectivity index (χ1n) is 10.1. The summed E-state index contributed by atoms with van der Waals surface area (Å²) in [6.07, 6.45) is 0.774. The molecule has 0 fully saturated rings. The second kappa shape index (κ2) is 10.3. The van der Waals surface area contributed by atoms with E-state index in [1.54, 1.807) is 7.11 Å². The second-order valence-corrected chi connectivity index (χ2v) is 8.32. The molecule has 0 aliphatic heterocycles. The molecule has 0 saturated carbocycles. The Kier molecular flexibility index (Phi) is 7.52. The van der Waals surface area contributed by atoms with Gasteiger partial charge in [-0.1, -0.05) is 48.2 Å². The highest BCUT2D eigenvalue weighted by Gasteiger charge is 2.20. The van der Waals surface area contributed by atoms with Gasteiger partial charge in [0.15, 0.2) is 11.0 Å². The number of aryl methyl sites for hydroxylation is 1. The van der Waals surface area contributed by atoms with Gasteiger partial charge in [0.05, 0.1) is 12.4 Å². The van der Waals surface area contributed by atoms with Crippen LogP contribution in [0.1, 0.15) is 25.0 Å². The fourth-order valence-electron chi connectivity index (χ4n) is 3.16. The predicted octanol–water partition coefficient (Wildman–Crippen LogP) is 4.12. The third-order valence-corrected chi connectivity index (χ3v) is 6.02. The van der Waals surface area contributed by atoms with Crippen molar-refractivity contribution in [1.82, 2.24) is 20.1 Å². The minimum Gasteiger partial charge on any atom is -0.497 e. The first-order chi connectivity index (χ1) is 14.5. The Hall–Kier alpha value is -2.80. The molecule has 3 rings (SSSR count). The first-order valence-corrected chi connectivity index (χ1v) is 11.0. The summed E-state index contributed by atoms with van der Waals surface area (Å²) in [4.78, 5) is 12.6. The van der Waals surface area contributed by atoms with E-state index < -0.39 is 0 Å². The van der Waals surface area contributed by atoms with Crippen LogP contribution in [0.25, 0.3) is 11.4 Å². The van der Waals surface area contributed by atoms with Gasteiger partial charge < -0.3 is 14.6 Å². The van der Waals surface area contributed by atoms with Crippen LogP contribution >= 0.6 is 11.8 Å². The average Bonchev–Trinajstić information content (AvgIpc) is 3.16. The molecule has 1 N–H and O–H groups in total. The number of nitrogens with zero attached hydrogens (tertiary/aromatic N) is 3. The van der Waals surface area contributed by atoms with Crippen LogP contribution in [0, 0.1) is 6.92 Å². The number of rotatable bonds is 9. The van der Waals surface area contributed by atoms with Gasteiger partial charge in [-0.25, -0.2) is 0 Å². The number of benzene rings is 2. The molecule has 3 aromatic rings. The van der Waals surface area contributed by atoms with E-state index in [4.69, 9.17) is 4.74 Å². The van der Waals surface area contributed by atoms with Gasteiger partial charge in [0.25, 0.3) is 0 Å². The monoisotopic (exact) mass is 424 g/mol. The number of thioether (sulfide) groups is 1. The third-order valence-electron chi connectivity index (χ3n) is 4.94. The number of aromatic nitrogens is 3. The van der Waals surface area contributed by atoms with Gasteiger partial charge in [0, 0.05) is 18.7 Å². The maximum atomic E-state index is 12.6. The Morgan fingerprint density at radius 3 is 2.57 bits per heavy atom. The maximum Gasteiger partial charge on any atom is 0.233 e. The number of carbonyl (C=O) groups is 1. The zero-order valence-electron chi connectivity index (χ0n) is 17.9. The van der Waals surface area contributed by atoms with Crippen molar-refractivity contribution in [3.63, 3.8) is 0 Å². The summed E-state index contributed by atoms with van der Waals surface area (Å²) in [6.45, 7) is 7.36. The van der Waals surface area contributed by atoms with E-state index in [1.165, 1.54) is 11.8 Å². The highest BCUT2D eigenvalue weighted by molar-refractivity contribution is 8.00. The van der Waals surface area contributed by atoms with E-state index in [0.29, 0.717) is 6.54 Å². The summed E-state index contributed by atoms with van der Waals surface area (Å²) >= 11 is 1.44. The zero-order chi connectivity index (χ0) is 21.5. The van der Waals surface area contributed by atoms with Crippen LogP contribution in [-0.4, -0.2) is 39.6 Å². The molecule has 6 nitrogen and oxygen atoms in total. The Bertz CT molecular complexity index is 985. The molecular weight excluding hydrogens is 396 g/mol. The lowest BCUT2D eigenvalue weighted by Gasteiger charge is -2.13. The van der Waals surface area contributed by atoms with Crippen LogP contribution in [0.15, 0.2) is 53.7 Å². The van der Waals surface area contributed by atoms with Crippen molar-refractivity contribution < 1.29 is 9.53 Å². The first kappa shape index (κ1) is 21.9. The van der Waals surface area contributed by atoms with E-state index in [0.717, 1.165) is 46.4 Å². The zero-order valence-corrected chi connectivity index (χ0v) is 18.7. The molecule has 1 atom stereocenters. The van der Waals surface area contributed by atoms with Crippen molar-refractivity contribution >= 4 is 17.7 Å². The van der Waals surface area contributed by atoms with Crippen LogP contribution in [0.2, 0.25) is 0 Å². The number of carbonyl (C=O) groups excluding carboxylic acids is 1. The van der Waals surface area contributed by atoms with Gasteiger partial charge in [0.1, 0.15) is 5.75 Å². The summed E-state index contributed by atoms with van der Waals surface area (Å²) < 4.78 is 7.23. The van der Waals surface area contributed by atoms with E-state index >= 15 is 0 Å². The summed E-state index contributed by atoms with van der Waals surface area (Å²) in [5.74, 6) is 1.67. The Labute approximate surface area is 182 Å². The smallest absolute Gasteiger partial charge is 0.233 e. The number of amides is 1. The van der Waals surface area contributed by atoms with Crippen molar-refractivity contribution in [1.29, 1.82) is 0 Å². The molecule has 158 valence electrons. The molecule has 0 aliphatic rings. The van der Waals surface area contributed by atoms with E-state index in [9.17, 15) is 4.79 Å². The van der Waals surface area contributed by atoms with Crippen LogP contribution < -0.4 is 10.1 Å². The largest absolute Gasteiger partial charge is 0.497 e. The van der Waals surface area contributed by atoms with Crippen LogP contribution in [0.3, 0.4) is 0 Å². The Balaban J connectivity index is 1.59. The molecular formula is C23H28N4O2S. The molecule has 30 heavy (non-hydrogen) atoms. The van der Waals surface area contributed by atoms with E-state index in [1.807, 2.05) is 43.3 Å². The van der Waals surface area contributed by atoms with Crippen molar-refractivity contribution in [3.8, 4) is 17.1 Å². The molecule has 7 heteroatoms. The van der Waals surface area contributed by atoms with E-state index in [-0.39, 0.29) is 11.2 Å². The fraction of sp³-hybridized carbons (Fsp3) is 0.348. The van der Waals surface area contributed by atoms with Gasteiger partial charge in [-0.05, 0) is 50.5 Å². The summed E-state index contributed by atoms with van der Waals surface area (Å²) in [6, 6.07) is 16.0. The van der Waals surface area contributed by atoms with Gasteiger partial charge in [-0.15, -0.1) is 10.2 Å². The molecule has 0 radical (unpaired) electrons. The van der Waals surface area contributed by atoms with Crippen molar-refractivity contribution in [2.75, 3.05) is 13.7 Å². The molecule has 1 aromatic heterocycles. The Morgan fingerprint density at radius 1 is 1.17 bits per heavy atom. The van der Waals surface area contributed by atoms with Gasteiger partial charge >= 0.3 is 0 Å². The lowest BCUT2D eigenvalue weighted by Crippen LogP contribution is -2.32. The number of nitrogens with one attached hydrogen (secondary N) is 1. The Morgan fingerprint density at radius 2 is 1.90 bits per heavy atom. The number of ether oxygens (including phenoxy) is 1. The number of hydrogen-bond acceptors (Lipinski definition) is 5. The lowest BCUT2D eigenvalue weighted by atomic mass is 10.1. The molecule has 0 spiro atoms. The van der Waals surface area contributed by atoms with Crippen molar-refractivity contribution in [3.05, 3.63) is 59.7 Å². The maximum absolute atomic E-state index is 12.6. The minimum atomic E-state index is -0.264. The topological polar surface area (TPSA) is 69.0 Å². The lowest BCUT2D eigenvalue weighted by molar-refractivity contribution is -0.120. The average molecular weight is 425 g/mol. The van der Waals surface area contributed by atoms with Crippen LogP contribution in [0.5, 0.6) is 5.75 Å². The second-order valence-electron chi connectivity index (χ2n) is 7.01. The third kappa shape index (κ3) is 5.21. The molecule has 0 unspecified atom stereocenters. The van der Waals surface area contributed by atoms with Crippen molar-refractivity contribution in [2.45, 2.75) is 44.1 Å². The highest BCUT2D eigenvalue weighted by atomic mass is 32.2. The summed E-state index contributed by atoms with van der Waals surface area (Å²) in [5, 5.41) is 12.3. The van der Waals surface area contributed by atoms with Crippen LogP contribution in [-0.2, 0) is 17.8 Å².